The molecular formula is C12H18N2O2. The van der Waals surface area contributed by atoms with Crippen LogP contribution < -0.4 is 4.90 Å². The molecule has 0 bridgehead atoms. The summed E-state index contributed by atoms with van der Waals surface area (Å²) in [5.74, 6) is 1.25. The van der Waals surface area contributed by atoms with Crippen LogP contribution in [0.3, 0.4) is 0 Å². The quantitative estimate of drug-likeness (QED) is 0.776. The van der Waals surface area contributed by atoms with E-state index in [4.69, 9.17) is 5.11 Å². The van der Waals surface area contributed by atoms with E-state index in [1.165, 1.54) is 0 Å². The normalized spacial score (nSPS) is 25.8. The van der Waals surface area contributed by atoms with Gasteiger partial charge in [0.1, 0.15) is 5.82 Å². The van der Waals surface area contributed by atoms with Crippen LogP contribution in [0.1, 0.15) is 18.9 Å². The monoisotopic (exact) mass is 222 g/mol. The first-order chi connectivity index (χ1) is 7.70. The third-order valence-corrected chi connectivity index (χ3v) is 3.23. The zero-order valence-electron chi connectivity index (χ0n) is 9.50. The van der Waals surface area contributed by atoms with Crippen LogP contribution in [0.4, 0.5) is 5.82 Å². The summed E-state index contributed by atoms with van der Waals surface area (Å²) < 4.78 is 0. The number of pyridine rings is 1. The first kappa shape index (κ1) is 11.4. The molecule has 2 unspecified atom stereocenters. The van der Waals surface area contributed by atoms with E-state index in [0.717, 1.165) is 24.3 Å². The van der Waals surface area contributed by atoms with Crippen molar-refractivity contribution in [2.45, 2.75) is 26.1 Å². The Morgan fingerprint density at radius 3 is 2.88 bits per heavy atom. The summed E-state index contributed by atoms with van der Waals surface area (Å²) in [5, 5.41) is 18.7. The highest BCUT2D eigenvalue weighted by Gasteiger charge is 2.24. The third-order valence-electron chi connectivity index (χ3n) is 3.23. The fourth-order valence-electron chi connectivity index (χ4n) is 1.95. The average Bonchev–Trinajstić information content (AvgIpc) is 2.33. The van der Waals surface area contributed by atoms with Gasteiger partial charge in [0.15, 0.2) is 0 Å². The summed E-state index contributed by atoms with van der Waals surface area (Å²) in [6.07, 6.45) is 2.40. The number of aliphatic hydroxyl groups is 2. The number of β-amino-alcohol motifs (C(OH)–C–C–N with tert-alkyl or cyclic N) is 1. The van der Waals surface area contributed by atoms with E-state index in [9.17, 15) is 5.11 Å². The van der Waals surface area contributed by atoms with Crippen LogP contribution in [-0.4, -0.2) is 34.4 Å². The highest BCUT2D eigenvalue weighted by atomic mass is 16.3. The molecule has 2 atom stereocenters. The Morgan fingerprint density at radius 2 is 2.31 bits per heavy atom. The van der Waals surface area contributed by atoms with Gasteiger partial charge in [-0.1, -0.05) is 13.0 Å². The molecule has 2 rings (SSSR count). The fourth-order valence-corrected chi connectivity index (χ4v) is 1.95. The lowest BCUT2D eigenvalue weighted by Gasteiger charge is -2.35. The molecule has 0 aromatic carbocycles. The predicted octanol–water partition coefficient (Wildman–Crippen LogP) is 0.781. The number of hydrogen-bond donors (Lipinski definition) is 2. The van der Waals surface area contributed by atoms with Crippen LogP contribution >= 0.6 is 0 Å². The van der Waals surface area contributed by atoms with E-state index in [1.54, 1.807) is 6.20 Å². The molecule has 1 fully saturated rings. The Balaban J connectivity index is 2.06. The molecule has 1 aromatic rings. The topological polar surface area (TPSA) is 56.6 Å². The van der Waals surface area contributed by atoms with Crippen molar-refractivity contribution in [2.24, 2.45) is 5.92 Å². The summed E-state index contributed by atoms with van der Waals surface area (Å²) in [6.45, 7) is 3.67. The molecule has 88 valence electrons. The third kappa shape index (κ3) is 2.33. The van der Waals surface area contributed by atoms with E-state index in [1.807, 2.05) is 12.1 Å². The SMILES string of the molecule is CC1CCN(c2ccc(CO)cn2)CC1O. The van der Waals surface area contributed by atoms with Crippen molar-refractivity contribution in [1.82, 2.24) is 4.98 Å². The van der Waals surface area contributed by atoms with Gasteiger partial charge in [-0.25, -0.2) is 4.98 Å². The number of hydrogen-bond acceptors (Lipinski definition) is 4. The Hall–Kier alpha value is -1.13. The van der Waals surface area contributed by atoms with E-state index >= 15 is 0 Å². The maximum absolute atomic E-state index is 9.80. The molecule has 2 N–H and O–H groups in total. The Bertz CT molecular complexity index is 339. The largest absolute Gasteiger partial charge is 0.392 e. The summed E-state index contributed by atoms with van der Waals surface area (Å²) in [4.78, 5) is 6.38. The second kappa shape index (κ2) is 4.80. The maximum atomic E-state index is 9.80. The number of aromatic nitrogens is 1. The molecule has 4 heteroatoms. The summed E-state index contributed by atoms with van der Waals surface area (Å²) >= 11 is 0. The van der Waals surface area contributed by atoms with Crippen LogP contribution in [0, 0.1) is 5.92 Å². The van der Waals surface area contributed by atoms with Crippen LogP contribution in [0.25, 0.3) is 0 Å². The van der Waals surface area contributed by atoms with Gasteiger partial charge in [-0.3, -0.25) is 0 Å². The Kier molecular flexibility index (Phi) is 3.41. The van der Waals surface area contributed by atoms with Crippen LogP contribution in [0.15, 0.2) is 18.3 Å². The molecule has 0 spiro atoms. The first-order valence-electron chi connectivity index (χ1n) is 5.69. The van der Waals surface area contributed by atoms with Crippen molar-refractivity contribution < 1.29 is 10.2 Å². The number of anilines is 1. The van der Waals surface area contributed by atoms with Crippen LogP contribution in [0.5, 0.6) is 0 Å². The van der Waals surface area contributed by atoms with Gasteiger partial charge >= 0.3 is 0 Å². The standard InChI is InChI=1S/C12H18N2O2/c1-9-4-5-14(7-11(9)16)12-3-2-10(8-15)6-13-12/h2-3,6,9,11,15-16H,4-5,7-8H2,1H3. The van der Waals surface area contributed by atoms with Gasteiger partial charge in [-0.05, 0) is 24.0 Å². The minimum Gasteiger partial charge on any atom is -0.392 e. The number of rotatable bonds is 2. The summed E-state index contributed by atoms with van der Waals surface area (Å²) in [5.41, 5.74) is 0.815. The fraction of sp³-hybridized carbons (Fsp3) is 0.583. The van der Waals surface area contributed by atoms with Gasteiger partial charge in [-0.15, -0.1) is 0 Å². The molecule has 0 amide bonds. The number of nitrogens with zero attached hydrogens (tertiary/aromatic N) is 2. The van der Waals surface area contributed by atoms with E-state index in [2.05, 4.69) is 16.8 Å². The minimum atomic E-state index is -0.270. The van der Waals surface area contributed by atoms with Crippen molar-refractivity contribution in [3.05, 3.63) is 23.9 Å². The molecule has 4 nitrogen and oxygen atoms in total. The molecule has 0 aliphatic carbocycles. The summed E-state index contributed by atoms with van der Waals surface area (Å²) in [6, 6.07) is 3.76. The lowest BCUT2D eigenvalue weighted by Crippen LogP contribution is -2.43. The average molecular weight is 222 g/mol. The van der Waals surface area contributed by atoms with Crippen LogP contribution in [-0.2, 0) is 6.61 Å². The van der Waals surface area contributed by atoms with Gasteiger partial charge in [0.25, 0.3) is 0 Å². The molecule has 1 aliphatic rings. The van der Waals surface area contributed by atoms with E-state index in [-0.39, 0.29) is 12.7 Å². The van der Waals surface area contributed by atoms with Gasteiger partial charge in [0, 0.05) is 19.3 Å². The maximum Gasteiger partial charge on any atom is 0.128 e. The zero-order valence-corrected chi connectivity index (χ0v) is 9.50. The van der Waals surface area contributed by atoms with Gasteiger partial charge in [0.2, 0.25) is 0 Å². The van der Waals surface area contributed by atoms with Crippen molar-refractivity contribution in [1.29, 1.82) is 0 Å². The molecule has 0 saturated carbocycles. The molecule has 2 heterocycles. The molecule has 16 heavy (non-hydrogen) atoms. The van der Waals surface area contributed by atoms with Crippen LogP contribution in [0.2, 0.25) is 0 Å². The van der Waals surface area contributed by atoms with Crippen molar-refractivity contribution in [2.75, 3.05) is 18.0 Å². The van der Waals surface area contributed by atoms with Gasteiger partial charge in [-0.2, -0.15) is 0 Å². The van der Waals surface area contributed by atoms with Crippen molar-refractivity contribution in [3.8, 4) is 0 Å². The Morgan fingerprint density at radius 1 is 1.50 bits per heavy atom. The number of piperidine rings is 1. The molecule has 1 saturated heterocycles. The lowest BCUT2D eigenvalue weighted by atomic mass is 9.96. The Labute approximate surface area is 95.5 Å². The number of aliphatic hydroxyl groups excluding tert-OH is 2. The van der Waals surface area contributed by atoms with Gasteiger partial charge < -0.3 is 15.1 Å². The zero-order chi connectivity index (χ0) is 11.5. The highest BCUT2D eigenvalue weighted by Crippen LogP contribution is 2.21. The first-order valence-corrected chi connectivity index (χ1v) is 5.69. The lowest BCUT2D eigenvalue weighted by molar-refractivity contribution is 0.102. The molecule has 1 aliphatic heterocycles. The molecule has 1 aromatic heterocycles. The highest BCUT2D eigenvalue weighted by molar-refractivity contribution is 5.40. The van der Waals surface area contributed by atoms with Crippen molar-refractivity contribution >= 4 is 5.82 Å². The minimum absolute atomic E-state index is 0.0208. The second-order valence-electron chi connectivity index (χ2n) is 4.46. The van der Waals surface area contributed by atoms with Gasteiger partial charge in [0.05, 0.1) is 12.7 Å². The second-order valence-corrected chi connectivity index (χ2v) is 4.46. The van der Waals surface area contributed by atoms with Crippen molar-refractivity contribution in [3.63, 3.8) is 0 Å². The molecular weight excluding hydrogens is 204 g/mol. The summed E-state index contributed by atoms with van der Waals surface area (Å²) in [7, 11) is 0. The van der Waals surface area contributed by atoms with E-state index < -0.39 is 0 Å². The smallest absolute Gasteiger partial charge is 0.128 e. The molecule has 0 radical (unpaired) electrons. The predicted molar refractivity (Wildman–Crippen MR) is 62.2 cm³/mol. The van der Waals surface area contributed by atoms with E-state index in [0.29, 0.717) is 12.5 Å².